The Kier molecular flexibility index (Phi) is 10.8. The molecule has 8 rings (SSSR count). The molecular formula is C41H45N9O6S. The van der Waals surface area contributed by atoms with Gasteiger partial charge in [0.05, 0.1) is 17.4 Å². The van der Waals surface area contributed by atoms with Crippen molar-refractivity contribution >= 4 is 69.7 Å². The van der Waals surface area contributed by atoms with Gasteiger partial charge in [-0.25, -0.2) is 9.97 Å². The maximum absolute atomic E-state index is 13.6. The molecule has 1 aromatic carbocycles. The van der Waals surface area contributed by atoms with Crippen LogP contribution < -0.4 is 21.1 Å². The summed E-state index contributed by atoms with van der Waals surface area (Å²) < 4.78 is 1.69. The van der Waals surface area contributed by atoms with E-state index in [4.69, 9.17) is 4.98 Å². The number of piperidine rings is 1. The SMILES string of the molecule is CC(=O)c1c(C)c2cnc(Nc3ccc(N4CCN(C(=O)CCCSc5cccc6c5CN(C5CCC(=O)NC5=O)C6=O)CC4)cn3)nc2n(C2CCCC2)c1=O. The molecule has 3 fully saturated rings. The molecule has 0 spiro atoms. The third-order valence-corrected chi connectivity index (χ3v) is 12.8. The number of benzene rings is 1. The van der Waals surface area contributed by atoms with Crippen LogP contribution in [0.3, 0.4) is 0 Å². The number of hydrogen-bond donors (Lipinski definition) is 2. The lowest BCUT2D eigenvalue weighted by molar-refractivity contribution is -0.137. The highest BCUT2D eigenvalue weighted by molar-refractivity contribution is 7.99. The molecule has 1 unspecified atom stereocenters. The minimum atomic E-state index is -0.651. The van der Waals surface area contributed by atoms with Crippen molar-refractivity contribution in [3.8, 4) is 0 Å². The molecule has 1 saturated carbocycles. The summed E-state index contributed by atoms with van der Waals surface area (Å²) >= 11 is 1.62. The minimum absolute atomic E-state index is 0.00793. The summed E-state index contributed by atoms with van der Waals surface area (Å²) in [5, 5.41) is 6.21. The lowest BCUT2D eigenvalue weighted by Crippen LogP contribution is -2.52. The van der Waals surface area contributed by atoms with E-state index >= 15 is 0 Å². The van der Waals surface area contributed by atoms with Crippen LogP contribution in [-0.4, -0.2) is 96.7 Å². The van der Waals surface area contributed by atoms with Crippen LogP contribution >= 0.6 is 11.8 Å². The number of nitrogens with zero attached hydrogens (tertiary/aromatic N) is 7. The van der Waals surface area contributed by atoms with Gasteiger partial charge in [-0.2, -0.15) is 4.98 Å². The number of ketones is 1. The predicted molar refractivity (Wildman–Crippen MR) is 215 cm³/mol. The van der Waals surface area contributed by atoms with Crippen LogP contribution in [0.2, 0.25) is 0 Å². The van der Waals surface area contributed by atoms with E-state index in [1.165, 1.54) is 6.92 Å². The highest BCUT2D eigenvalue weighted by Crippen LogP contribution is 2.35. The van der Waals surface area contributed by atoms with Gasteiger partial charge in [0.2, 0.25) is 23.7 Å². The van der Waals surface area contributed by atoms with Gasteiger partial charge < -0.3 is 20.0 Å². The maximum atomic E-state index is 13.6. The van der Waals surface area contributed by atoms with Crippen LogP contribution in [-0.2, 0) is 20.9 Å². The van der Waals surface area contributed by atoms with Crippen molar-refractivity contribution in [3.05, 3.63) is 75.3 Å². The molecule has 6 heterocycles. The van der Waals surface area contributed by atoms with E-state index in [0.29, 0.717) is 91.7 Å². The Morgan fingerprint density at radius 2 is 1.75 bits per heavy atom. The predicted octanol–water partition coefficient (Wildman–Crippen LogP) is 4.54. The van der Waals surface area contributed by atoms with Gasteiger partial charge in [0, 0.05) is 73.6 Å². The Morgan fingerprint density at radius 3 is 2.47 bits per heavy atom. The average Bonchev–Trinajstić information content (AvgIpc) is 3.85. The number of imide groups is 1. The number of carbonyl (C=O) groups excluding carboxylic acids is 5. The van der Waals surface area contributed by atoms with Crippen molar-refractivity contribution in [2.24, 2.45) is 0 Å². The zero-order chi connectivity index (χ0) is 39.8. The molecular weight excluding hydrogens is 747 g/mol. The van der Waals surface area contributed by atoms with Crippen LogP contribution in [0.1, 0.15) is 96.2 Å². The van der Waals surface area contributed by atoms with Gasteiger partial charge in [-0.15, -0.1) is 11.8 Å². The minimum Gasteiger partial charge on any atom is -0.367 e. The third kappa shape index (κ3) is 7.62. The van der Waals surface area contributed by atoms with Crippen LogP contribution in [0.5, 0.6) is 0 Å². The van der Waals surface area contributed by atoms with E-state index in [1.807, 2.05) is 29.2 Å². The number of piperazine rings is 1. The number of aromatic nitrogens is 4. The van der Waals surface area contributed by atoms with E-state index in [0.717, 1.165) is 41.8 Å². The van der Waals surface area contributed by atoms with Crippen molar-refractivity contribution in [1.29, 1.82) is 0 Å². The number of nitrogens with one attached hydrogen (secondary N) is 2. The van der Waals surface area contributed by atoms with Crippen molar-refractivity contribution in [2.75, 3.05) is 42.1 Å². The number of carbonyl (C=O) groups is 5. The summed E-state index contributed by atoms with van der Waals surface area (Å²) in [6, 6.07) is 8.78. The van der Waals surface area contributed by atoms with Gasteiger partial charge >= 0.3 is 0 Å². The van der Waals surface area contributed by atoms with Crippen molar-refractivity contribution in [2.45, 2.75) is 88.7 Å². The molecule has 1 aliphatic carbocycles. The number of pyridine rings is 2. The smallest absolute Gasteiger partial charge is 0.263 e. The Labute approximate surface area is 333 Å². The highest BCUT2D eigenvalue weighted by atomic mass is 32.2. The van der Waals surface area contributed by atoms with Crippen LogP contribution in [0.4, 0.5) is 17.5 Å². The Hall–Kier alpha value is -5.64. The molecule has 296 valence electrons. The topological polar surface area (TPSA) is 180 Å². The Morgan fingerprint density at radius 1 is 0.965 bits per heavy atom. The summed E-state index contributed by atoms with van der Waals surface area (Å²) in [7, 11) is 0. The molecule has 15 nitrogen and oxygen atoms in total. The standard InChI is InChI=1S/C41H45N9O6S/c1-24-29-22-43-41(46-37(29)50(26-7-3-4-8-26)40(56)36(24)25(2)51)44-33-14-12-27(21-42-33)47-16-18-48(19-17-47)35(53)11-6-20-57-32-10-5-9-28-30(32)23-49(39(28)55)31-13-15-34(52)45-38(31)54/h5,9-10,12,14,21-22,26,31H,3-4,6-8,11,13,15-20,23H2,1-2H3,(H,45,52,54)(H,42,43,44,46). The second-order valence-electron chi connectivity index (χ2n) is 15.1. The van der Waals surface area contributed by atoms with Crippen molar-refractivity contribution in [3.63, 3.8) is 0 Å². The van der Waals surface area contributed by atoms with Gasteiger partial charge in [-0.05, 0) is 80.7 Å². The van der Waals surface area contributed by atoms with Crippen LogP contribution in [0.15, 0.2) is 52.4 Å². The number of Topliss-reactive ketones (excluding diaryl/α,β-unsaturated/α-hetero) is 1. The Balaban J connectivity index is 0.827. The number of amides is 4. The molecule has 0 bridgehead atoms. The molecule has 4 aromatic rings. The van der Waals surface area contributed by atoms with Crippen molar-refractivity contribution in [1.82, 2.24) is 34.6 Å². The molecule has 0 radical (unpaired) electrons. The molecule has 3 aromatic heterocycles. The maximum Gasteiger partial charge on any atom is 0.263 e. The molecule has 2 saturated heterocycles. The molecule has 16 heteroatoms. The van der Waals surface area contributed by atoms with E-state index in [2.05, 4.69) is 25.5 Å². The number of fused-ring (bicyclic) bond motifs is 2. The molecule has 3 aliphatic heterocycles. The summed E-state index contributed by atoms with van der Waals surface area (Å²) in [6.07, 6.45) is 8.90. The van der Waals surface area contributed by atoms with Gasteiger partial charge in [0.25, 0.3) is 11.5 Å². The average molecular weight is 792 g/mol. The summed E-state index contributed by atoms with van der Waals surface area (Å²) in [6.45, 7) is 6.10. The largest absolute Gasteiger partial charge is 0.367 e. The summed E-state index contributed by atoms with van der Waals surface area (Å²) in [4.78, 5) is 96.9. The third-order valence-electron chi connectivity index (χ3n) is 11.6. The van der Waals surface area contributed by atoms with Gasteiger partial charge in [0.1, 0.15) is 17.5 Å². The molecule has 4 amide bonds. The zero-order valence-electron chi connectivity index (χ0n) is 32.1. The quantitative estimate of drug-likeness (QED) is 0.0940. The monoisotopic (exact) mass is 791 g/mol. The van der Waals surface area contributed by atoms with E-state index in [-0.39, 0.29) is 47.1 Å². The second kappa shape index (κ2) is 16.1. The number of thioether (sulfide) groups is 1. The number of rotatable bonds is 11. The fourth-order valence-corrected chi connectivity index (χ4v) is 9.57. The van der Waals surface area contributed by atoms with E-state index < -0.39 is 11.9 Å². The first-order valence-corrected chi connectivity index (χ1v) is 20.6. The Bertz CT molecular complexity index is 2330. The molecule has 4 aliphatic rings. The van der Waals surface area contributed by atoms with E-state index in [1.54, 1.807) is 46.6 Å². The molecule has 1 atom stereocenters. The van der Waals surface area contributed by atoms with Gasteiger partial charge in [0.15, 0.2) is 5.78 Å². The zero-order valence-corrected chi connectivity index (χ0v) is 32.9. The highest BCUT2D eigenvalue weighted by Gasteiger charge is 2.40. The number of anilines is 3. The van der Waals surface area contributed by atoms with E-state index in [9.17, 15) is 28.8 Å². The first-order valence-electron chi connectivity index (χ1n) is 19.7. The fourth-order valence-electron chi connectivity index (χ4n) is 8.54. The number of hydrogen-bond acceptors (Lipinski definition) is 12. The van der Waals surface area contributed by atoms with Crippen LogP contribution in [0.25, 0.3) is 11.0 Å². The molecule has 2 N–H and O–H groups in total. The van der Waals surface area contributed by atoms with Gasteiger partial charge in [-0.3, -0.25) is 38.7 Å². The van der Waals surface area contributed by atoms with Crippen molar-refractivity contribution < 1.29 is 24.0 Å². The van der Waals surface area contributed by atoms with Crippen LogP contribution in [0, 0.1) is 6.92 Å². The first-order chi connectivity index (χ1) is 27.6. The summed E-state index contributed by atoms with van der Waals surface area (Å²) in [5.74, 6) is 0.517. The number of aryl methyl sites for hydroxylation is 1. The fraction of sp³-hybridized carbons (Fsp3) is 0.439. The summed E-state index contributed by atoms with van der Waals surface area (Å²) in [5.41, 5.74) is 3.45. The molecule has 57 heavy (non-hydrogen) atoms. The second-order valence-corrected chi connectivity index (χ2v) is 16.3. The lowest BCUT2D eigenvalue weighted by atomic mass is 10.0. The normalized spacial score (nSPS) is 18.7. The first kappa shape index (κ1) is 38.2. The lowest BCUT2D eigenvalue weighted by Gasteiger charge is -2.36. The van der Waals surface area contributed by atoms with Gasteiger partial charge in [-0.1, -0.05) is 18.9 Å².